The van der Waals surface area contributed by atoms with Crippen LogP contribution in [0.4, 0.5) is 0 Å². The summed E-state index contributed by atoms with van der Waals surface area (Å²) in [5.41, 5.74) is 0. The molecular weight excluding hydrogens is 238 g/mol. The molecule has 1 aliphatic rings. The zero-order valence-corrected chi connectivity index (χ0v) is 12.6. The third kappa shape index (κ3) is 5.20. The molecule has 0 heterocycles. The normalized spacial score (nSPS) is 23.1. The summed E-state index contributed by atoms with van der Waals surface area (Å²) in [5, 5.41) is 8.52. The third-order valence-corrected chi connectivity index (χ3v) is 4.30. The van der Waals surface area contributed by atoms with Crippen LogP contribution in [0.5, 0.6) is 0 Å². The van der Waals surface area contributed by atoms with E-state index in [1.54, 1.807) is 11.9 Å². The molecule has 0 aromatic rings. The Morgan fingerprint density at radius 1 is 1.26 bits per heavy atom. The first-order valence-electron chi connectivity index (χ1n) is 7.37. The average molecular weight is 265 g/mol. The van der Waals surface area contributed by atoms with Gasteiger partial charge in [0.25, 0.3) is 0 Å². The van der Waals surface area contributed by atoms with Crippen LogP contribution in [-0.2, 0) is 4.79 Å². The predicted molar refractivity (Wildman–Crippen MR) is 76.5 cm³/mol. The largest absolute Gasteiger partial charge is 0.345 e. The Morgan fingerprint density at radius 2 is 1.95 bits per heavy atom. The first kappa shape index (κ1) is 16.0. The van der Waals surface area contributed by atoms with Crippen molar-refractivity contribution in [3.63, 3.8) is 0 Å². The quantitative estimate of drug-likeness (QED) is 0.740. The van der Waals surface area contributed by atoms with Crippen molar-refractivity contribution in [1.29, 1.82) is 5.26 Å². The standard InChI is InChI=1S/C15H27N3O/c1-13-7-4-5-8-14(13)17(2)12-9-15(19)18(3)11-6-10-16/h13-14H,4-9,11-12H2,1-3H3. The Labute approximate surface area is 117 Å². The van der Waals surface area contributed by atoms with Gasteiger partial charge in [0.1, 0.15) is 0 Å². The molecule has 4 heteroatoms. The molecule has 19 heavy (non-hydrogen) atoms. The minimum absolute atomic E-state index is 0.144. The van der Waals surface area contributed by atoms with E-state index < -0.39 is 0 Å². The SMILES string of the molecule is CC1CCCCC1N(C)CCC(=O)N(C)CCC#N. The van der Waals surface area contributed by atoms with Crippen molar-refractivity contribution in [2.45, 2.75) is 51.5 Å². The van der Waals surface area contributed by atoms with Gasteiger partial charge < -0.3 is 9.80 Å². The van der Waals surface area contributed by atoms with Crippen molar-refractivity contribution in [3.05, 3.63) is 0 Å². The van der Waals surface area contributed by atoms with E-state index in [1.165, 1.54) is 25.7 Å². The van der Waals surface area contributed by atoms with E-state index >= 15 is 0 Å². The molecule has 1 amide bonds. The number of nitrogens with zero attached hydrogens (tertiary/aromatic N) is 3. The summed E-state index contributed by atoms with van der Waals surface area (Å²) in [4.78, 5) is 15.9. The Kier molecular flexibility index (Phi) is 6.86. The fraction of sp³-hybridized carbons (Fsp3) is 0.867. The fourth-order valence-corrected chi connectivity index (χ4v) is 2.92. The Morgan fingerprint density at radius 3 is 2.58 bits per heavy atom. The van der Waals surface area contributed by atoms with Gasteiger partial charge in [-0.3, -0.25) is 4.79 Å². The number of carbonyl (C=O) groups excluding carboxylic acids is 1. The molecule has 2 unspecified atom stereocenters. The Balaban J connectivity index is 2.30. The molecule has 2 atom stereocenters. The smallest absolute Gasteiger partial charge is 0.223 e. The molecule has 0 aliphatic heterocycles. The molecule has 0 bridgehead atoms. The van der Waals surface area contributed by atoms with Gasteiger partial charge in [-0.15, -0.1) is 0 Å². The van der Waals surface area contributed by atoms with Gasteiger partial charge in [-0.25, -0.2) is 0 Å². The van der Waals surface area contributed by atoms with Crippen LogP contribution in [-0.4, -0.2) is 48.9 Å². The van der Waals surface area contributed by atoms with Gasteiger partial charge in [0.05, 0.1) is 12.5 Å². The highest BCUT2D eigenvalue weighted by atomic mass is 16.2. The van der Waals surface area contributed by atoms with Gasteiger partial charge in [0, 0.05) is 32.6 Å². The molecule has 0 aromatic heterocycles. The first-order valence-corrected chi connectivity index (χ1v) is 7.37. The lowest BCUT2D eigenvalue weighted by atomic mass is 9.85. The summed E-state index contributed by atoms with van der Waals surface area (Å²) < 4.78 is 0. The first-order chi connectivity index (χ1) is 9.06. The molecule has 0 spiro atoms. The van der Waals surface area contributed by atoms with Crippen molar-refractivity contribution in [3.8, 4) is 6.07 Å². The molecule has 0 saturated heterocycles. The maximum Gasteiger partial charge on any atom is 0.223 e. The summed E-state index contributed by atoms with van der Waals surface area (Å²) in [7, 11) is 3.91. The number of amides is 1. The molecule has 0 radical (unpaired) electrons. The highest BCUT2D eigenvalue weighted by molar-refractivity contribution is 5.76. The van der Waals surface area contributed by atoms with Gasteiger partial charge in [0.2, 0.25) is 5.91 Å². The van der Waals surface area contributed by atoms with E-state index in [0.29, 0.717) is 25.4 Å². The second-order valence-corrected chi connectivity index (χ2v) is 5.78. The van der Waals surface area contributed by atoms with Crippen LogP contribution < -0.4 is 0 Å². The van der Waals surface area contributed by atoms with E-state index in [0.717, 1.165) is 12.5 Å². The molecule has 1 fully saturated rings. The van der Waals surface area contributed by atoms with Crippen LogP contribution in [0.2, 0.25) is 0 Å². The van der Waals surface area contributed by atoms with Gasteiger partial charge in [-0.1, -0.05) is 19.8 Å². The second-order valence-electron chi connectivity index (χ2n) is 5.78. The topological polar surface area (TPSA) is 47.3 Å². The number of hydrogen-bond donors (Lipinski definition) is 0. The molecule has 0 N–H and O–H groups in total. The number of hydrogen-bond acceptors (Lipinski definition) is 3. The van der Waals surface area contributed by atoms with Crippen LogP contribution >= 0.6 is 0 Å². The molecule has 4 nitrogen and oxygen atoms in total. The van der Waals surface area contributed by atoms with Crippen molar-refractivity contribution in [2.24, 2.45) is 5.92 Å². The minimum Gasteiger partial charge on any atom is -0.345 e. The van der Waals surface area contributed by atoms with Crippen LogP contribution in [0.25, 0.3) is 0 Å². The zero-order chi connectivity index (χ0) is 14.3. The van der Waals surface area contributed by atoms with Crippen LogP contribution in [0.15, 0.2) is 0 Å². The van der Waals surface area contributed by atoms with Crippen molar-refractivity contribution >= 4 is 5.91 Å². The Bertz CT molecular complexity index is 324. The van der Waals surface area contributed by atoms with Crippen LogP contribution in [0.3, 0.4) is 0 Å². The lowest BCUT2D eigenvalue weighted by Gasteiger charge is -2.36. The van der Waals surface area contributed by atoms with Crippen molar-refractivity contribution in [1.82, 2.24) is 9.80 Å². The van der Waals surface area contributed by atoms with Gasteiger partial charge in [-0.05, 0) is 25.8 Å². The van der Waals surface area contributed by atoms with Crippen molar-refractivity contribution < 1.29 is 4.79 Å². The molecule has 1 saturated carbocycles. The zero-order valence-electron chi connectivity index (χ0n) is 12.6. The van der Waals surface area contributed by atoms with Gasteiger partial charge in [0.15, 0.2) is 0 Å². The maximum absolute atomic E-state index is 11.9. The molecular formula is C15H27N3O. The Hall–Kier alpha value is -1.08. The predicted octanol–water partition coefficient (Wildman–Crippen LogP) is 2.26. The van der Waals surface area contributed by atoms with Crippen molar-refractivity contribution in [2.75, 3.05) is 27.2 Å². The van der Waals surface area contributed by atoms with Gasteiger partial charge in [-0.2, -0.15) is 5.26 Å². The number of nitriles is 1. The highest BCUT2D eigenvalue weighted by Gasteiger charge is 2.25. The number of rotatable bonds is 6. The van der Waals surface area contributed by atoms with E-state index in [-0.39, 0.29) is 5.91 Å². The monoisotopic (exact) mass is 265 g/mol. The summed E-state index contributed by atoms with van der Waals surface area (Å²) in [6.45, 7) is 3.69. The molecule has 108 valence electrons. The lowest BCUT2D eigenvalue weighted by Crippen LogP contribution is -2.41. The summed E-state index contributed by atoms with van der Waals surface area (Å²) in [5.74, 6) is 0.885. The van der Waals surface area contributed by atoms with E-state index in [9.17, 15) is 4.79 Å². The highest BCUT2D eigenvalue weighted by Crippen LogP contribution is 2.27. The summed E-state index contributed by atoms with van der Waals surface area (Å²) >= 11 is 0. The third-order valence-electron chi connectivity index (χ3n) is 4.30. The maximum atomic E-state index is 11.9. The van der Waals surface area contributed by atoms with Crippen LogP contribution in [0.1, 0.15) is 45.4 Å². The minimum atomic E-state index is 0.144. The van der Waals surface area contributed by atoms with E-state index in [2.05, 4.69) is 24.9 Å². The molecule has 0 aromatic carbocycles. The van der Waals surface area contributed by atoms with E-state index in [1.807, 2.05) is 0 Å². The average Bonchev–Trinajstić information content (AvgIpc) is 2.42. The molecule has 1 aliphatic carbocycles. The fourth-order valence-electron chi connectivity index (χ4n) is 2.92. The second kappa shape index (κ2) is 8.16. The summed E-state index contributed by atoms with van der Waals surface area (Å²) in [6, 6.07) is 2.70. The summed E-state index contributed by atoms with van der Waals surface area (Å²) in [6.07, 6.45) is 6.21. The number of carbonyl (C=O) groups is 1. The van der Waals surface area contributed by atoms with E-state index in [4.69, 9.17) is 5.26 Å². The van der Waals surface area contributed by atoms with Crippen LogP contribution in [0, 0.1) is 17.2 Å². The molecule has 1 rings (SSSR count). The van der Waals surface area contributed by atoms with Gasteiger partial charge >= 0.3 is 0 Å². The lowest BCUT2D eigenvalue weighted by molar-refractivity contribution is -0.130.